The second-order valence-corrected chi connectivity index (χ2v) is 7.97. The van der Waals surface area contributed by atoms with Crippen LogP contribution in [0, 0.1) is 19.8 Å². The van der Waals surface area contributed by atoms with Gasteiger partial charge in [0.1, 0.15) is 0 Å². The van der Waals surface area contributed by atoms with Crippen molar-refractivity contribution in [1.82, 2.24) is 10.5 Å². The zero-order chi connectivity index (χ0) is 16.0. The number of hydrogen-bond donors (Lipinski definition) is 2. The monoisotopic (exact) mass is 331 g/mol. The predicted molar refractivity (Wildman–Crippen MR) is 90.1 cm³/mol. The van der Waals surface area contributed by atoms with E-state index in [0.29, 0.717) is 17.8 Å². The van der Waals surface area contributed by atoms with Gasteiger partial charge in [-0.25, -0.2) is 0 Å². The maximum absolute atomic E-state index is 12.3. The van der Waals surface area contributed by atoms with E-state index in [9.17, 15) is 4.79 Å². The molecular weight excluding hydrogens is 310 g/mol. The number of hydrogen-bond acceptors (Lipinski definition) is 5. The highest BCUT2D eigenvalue weighted by atomic mass is 32.1. The molecule has 2 aromatic heterocycles. The van der Waals surface area contributed by atoms with Gasteiger partial charge in [-0.2, -0.15) is 0 Å². The number of amides is 1. The van der Waals surface area contributed by atoms with Crippen molar-refractivity contribution in [2.75, 3.05) is 11.9 Å². The molecule has 5 nitrogen and oxygen atoms in total. The Morgan fingerprint density at radius 1 is 1.39 bits per heavy atom. The van der Waals surface area contributed by atoms with Crippen molar-refractivity contribution in [3.8, 4) is 0 Å². The minimum absolute atomic E-state index is 0.122. The highest BCUT2D eigenvalue weighted by Crippen LogP contribution is 2.45. The number of aryl methyl sites for hydroxylation is 2. The summed E-state index contributed by atoms with van der Waals surface area (Å²) < 4.78 is 5.04. The van der Waals surface area contributed by atoms with Crippen LogP contribution in [0.2, 0.25) is 0 Å². The van der Waals surface area contributed by atoms with Crippen LogP contribution in [0.3, 0.4) is 0 Å². The molecule has 2 heterocycles. The maximum atomic E-state index is 12.3. The number of nitrogens with one attached hydrogen (secondary N) is 2. The second-order valence-electron chi connectivity index (χ2n) is 6.71. The van der Waals surface area contributed by atoms with Crippen molar-refractivity contribution in [2.24, 2.45) is 5.92 Å². The van der Waals surface area contributed by atoms with E-state index in [1.807, 2.05) is 13.0 Å². The van der Waals surface area contributed by atoms with Crippen molar-refractivity contribution in [1.29, 1.82) is 0 Å². The van der Waals surface area contributed by atoms with Gasteiger partial charge < -0.3 is 9.84 Å². The van der Waals surface area contributed by atoms with E-state index in [2.05, 4.69) is 22.7 Å². The minimum Gasteiger partial charge on any atom is -0.338 e. The first-order valence-corrected chi connectivity index (χ1v) is 9.00. The smallest absolute Gasteiger partial charge is 0.268 e. The molecule has 2 fully saturated rings. The Morgan fingerprint density at radius 3 is 2.91 bits per heavy atom. The molecule has 2 aromatic rings. The van der Waals surface area contributed by atoms with E-state index in [4.69, 9.17) is 4.52 Å². The summed E-state index contributed by atoms with van der Waals surface area (Å²) in [5, 5.41) is 10.2. The van der Waals surface area contributed by atoms with Gasteiger partial charge in [0.15, 0.2) is 0 Å². The Kier molecular flexibility index (Phi) is 3.73. The van der Waals surface area contributed by atoms with Crippen LogP contribution in [-0.2, 0) is 0 Å². The maximum Gasteiger partial charge on any atom is 0.268 e. The first kappa shape index (κ1) is 14.9. The van der Waals surface area contributed by atoms with Gasteiger partial charge in [0.05, 0.1) is 10.6 Å². The lowest BCUT2D eigenvalue weighted by Crippen LogP contribution is -2.20. The largest absolute Gasteiger partial charge is 0.338 e. The third kappa shape index (κ3) is 3.33. The molecule has 4 rings (SSSR count). The van der Waals surface area contributed by atoms with E-state index in [1.165, 1.54) is 29.7 Å². The van der Waals surface area contributed by atoms with Crippen molar-refractivity contribution in [3.63, 3.8) is 0 Å². The number of rotatable bonds is 6. The Morgan fingerprint density at radius 2 is 2.22 bits per heavy atom. The molecule has 0 radical (unpaired) electrons. The number of anilines is 1. The van der Waals surface area contributed by atoms with Crippen LogP contribution < -0.4 is 10.6 Å². The van der Waals surface area contributed by atoms with E-state index in [1.54, 1.807) is 17.4 Å². The van der Waals surface area contributed by atoms with Gasteiger partial charge in [0, 0.05) is 22.9 Å². The number of thiophene rings is 1. The van der Waals surface area contributed by atoms with Crippen LogP contribution in [0.15, 0.2) is 16.7 Å². The van der Waals surface area contributed by atoms with Crippen LogP contribution in [0.1, 0.15) is 51.0 Å². The molecule has 2 unspecified atom stereocenters. The minimum atomic E-state index is -0.122. The van der Waals surface area contributed by atoms with Gasteiger partial charge in [0.2, 0.25) is 5.88 Å². The summed E-state index contributed by atoms with van der Waals surface area (Å²) >= 11 is 1.55. The fourth-order valence-corrected chi connectivity index (χ4v) is 3.96. The predicted octanol–water partition coefficient (Wildman–Crippen LogP) is 3.46. The zero-order valence-corrected chi connectivity index (χ0v) is 14.2. The first-order chi connectivity index (χ1) is 11.1. The van der Waals surface area contributed by atoms with Gasteiger partial charge in [-0.3, -0.25) is 10.1 Å². The van der Waals surface area contributed by atoms with Crippen LogP contribution in [0.4, 0.5) is 5.88 Å². The third-order valence-electron chi connectivity index (χ3n) is 4.60. The number of carbonyl (C=O) groups excluding carboxylic acids is 1. The summed E-state index contributed by atoms with van der Waals surface area (Å²) in [4.78, 5) is 14.3. The topological polar surface area (TPSA) is 67.2 Å². The molecular formula is C17H21N3O2S. The van der Waals surface area contributed by atoms with Gasteiger partial charge in [-0.1, -0.05) is 5.16 Å². The van der Waals surface area contributed by atoms with Crippen LogP contribution >= 0.6 is 11.3 Å². The molecule has 23 heavy (non-hydrogen) atoms. The summed E-state index contributed by atoms with van der Waals surface area (Å²) in [6.45, 7) is 5.09. The molecule has 6 heteroatoms. The Hall–Kier alpha value is -1.66. The molecule has 2 N–H and O–H groups in total. The molecule has 0 spiro atoms. The fourth-order valence-electron chi connectivity index (χ4n) is 2.98. The number of aromatic nitrogens is 1. The zero-order valence-electron chi connectivity index (χ0n) is 13.4. The van der Waals surface area contributed by atoms with Crippen LogP contribution in [0.5, 0.6) is 0 Å². The van der Waals surface area contributed by atoms with Crippen LogP contribution in [-0.4, -0.2) is 23.7 Å². The quantitative estimate of drug-likeness (QED) is 0.850. The average molecular weight is 331 g/mol. The van der Waals surface area contributed by atoms with E-state index in [-0.39, 0.29) is 5.91 Å². The Bertz CT molecular complexity index is 732. The molecule has 122 valence electrons. The summed E-state index contributed by atoms with van der Waals surface area (Å²) in [6, 6.07) is 4.36. The summed E-state index contributed by atoms with van der Waals surface area (Å²) in [6.07, 6.45) is 3.95. The lowest BCUT2D eigenvalue weighted by Gasteiger charge is -2.02. The summed E-state index contributed by atoms with van der Waals surface area (Å²) in [5.74, 6) is 1.75. The lowest BCUT2D eigenvalue weighted by molar-refractivity contribution is 0.102. The number of nitrogens with zero attached hydrogens (tertiary/aromatic N) is 1. The van der Waals surface area contributed by atoms with Crippen molar-refractivity contribution in [2.45, 2.75) is 45.1 Å². The van der Waals surface area contributed by atoms with Crippen molar-refractivity contribution in [3.05, 3.63) is 33.1 Å². The van der Waals surface area contributed by atoms with Gasteiger partial charge >= 0.3 is 0 Å². The lowest BCUT2D eigenvalue weighted by atomic mass is 10.1. The van der Waals surface area contributed by atoms with Crippen molar-refractivity contribution < 1.29 is 9.32 Å². The summed E-state index contributed by atoms with van der Waals surface area (Å²) in [5.41, 5.74) is 2.08. The summed E-state index contributed by atoms with van der Waals surface area (Å²) in [7, 11) is 0. The molecule has 0 aliphatic heterocycles. The van der Waals surface area contributed by atoms with Crippen molar-refractivity contribution >= 4 is 23.1 Å². The first-order valence-electron chi connectivity index (χ1n) is 8.18. The molecule has 2 aliphatic rings. The molecule has 0 aromatic carbocycles. The molecule has 1 amide bonds. The normalized spacial score (nSPS) is 23.0. The SMILES string of the molecule is Cc1cc(NC(=O)c2cc(C3CC3NCC3CC3)c(C)s2)on1. The average Bonchev–Trinajstić information content (AvgIpc) is 3.41. The van der Waals surface area contributed by atoms with Gasteiger partial charge in [0.25, 0.3) is 5.91 Å². The van der Waals surface area contributed by atoms with E-state index >= 15 is 0 Å². The highest BCUT2D eigenvalue weighted by molar-refractivity contribution is 7.14. The second kappa shape index (κ2) is 5.76. The molecule has 2 atom stereocenters. The third-order valence-corrected chi connectivity index (χ3v) is 5.67. The van der Waals surface area contributed by atoms with Gasteiger partial charge in [-0.15, -0.1) is 11.3 Å². The standard InChI is InChI=1S/C17H21N3O2S/c1-9-5-16(22-20-9)19-17(21)15-7-12(10(2)23-15)13-6-14(13)18-8-11-3-4-11/h5,7,11,13-14,18H,3-4,6,8H2,1-2H3,(H,19,21). The van der Waals surface area contributed by atoms with Gasteiger partial charge in [-0.05, 0) is 57.2 Å². The highest BCUT2D eigenvalue weighted by Gasteiger charge is 2.40. The Labute approximate surface area is 139 Å². The molecule has 0 bridgehead atoms. The fraction of sp³-hybridized carbons (Fsp3) is 0.529. The van der Waals surface area contributed by atoms with E-state index < -0.39 is 0 Å². The molecule has 0 saturated heterocycles. The Balaban J connectivity index is 1.39. The van der Waals surface area contributed by atoms with E-state index in [0.717, 1.165) is 23.0 Å². The molecule has 2 saturated carbocycles. The number of carbonyl (C=O) groups is 1. The molecule has 2 aliphatic carbocycles. The van der Waals surface area contributed by atoms with Crippen LogP contribution in [0.25, 0.3) is 0 Å².